The summed E-state index contributed by atoms with van der Waals surface area (Å²) in [5.41, 5.74) is 3.47. The first-order valence-electron chi connectivity index (χ1n) is 6.51. The number of fused-ring (bicyclic) bond motifs is 1. The van der Waals surface area contributed by atoms with Gasteiger partial charge in [0.1, 0.15) is 5.52 Å². The minimum Gasteiger partial charge on any atom is -0.344 e. The lowest BCUT2D eigenvalue weighted by Crippen LogP contribution is -2.22. The van der Waals surface area contributed by atoms with Gasteiger partial charge in [-0.15, -0.1) is 0 Å². The summed E-state index contributed by atoms with van der Waals surface area (Å²) >= 11 is 5.28. The van der Waals surface area contributed by atoms with Gasteiger partial charge in [0.15, 0.2) is 4.77 Å². The van der Waals surface area contributed by atoms with Gasteiger partial charge in [0.05, 0.1) is 5.52 Å². The predicted octanol–water partition coefficient (Wildman–Crippen LogP) is 3.08. The predicted molar refractivity (Wildman–Crippen MR) is 83.5 cm³/mol. The van der Waals surface area contributed by atoms with Gasteiger partial charge in [-0.25, -0.2) is 0 Å². The molecule has 0 atom stereocenters. The number of hydrogen-bond donors (Lipinski definition) is 1. The molecule has 0 saturated heterocycles. The summed E-state index contributed by atoms with van der Waals surface area (Å²) in [4.78, 5) is 15.7. The van der Waals surface area contributed by atoms with Crippen molar-refractivity contribution in [2.75, 3.05) is 0 Å². The van der Waals surface area contributed by atoms with Crippen LogP contribution in [0.1, 0.15) is 6.92 Å². The van der Waals surface area contributed by atoms with Crippen molar-refractivity contribution in [1.29, 1.82) is 0 Å². The molecular weight excluding hydrogens is 270 g/mol. The molecule has 0 aliphatic heterocycles. The monoisotopic (exact) mass is 285 g/mol. The lowest BCUT2D eigenvalue weighted by Gasteiger charge is -2.04. The fraction of sp³-hybridized carbons (Fsp3) is 0.200. The second-order valence-electron chi connectivity index (χ2n) is 4.72. The lowest BCUT2D eigenvalue weighted by molar-refractivity contribution is 0.700. The summed E-state index contributed by atoms with van der Waals surface area (Å²) in [5.74, 6) is 0. The van der Waals surface area contributed by atoms with Crippen molar-refractivity contribution in [2.24, 2.45) is 7.05 Å². The van der Waals surface area contributed by atoms with Gasteiger partial charge in [0.2, 0.25) is 0 Å². The molecule has 0 aliphatic carbocycles. The Balaban J connectivity index is 2.44. The molecule has 0 saturated carbocycles. The van der Waals surface area contributed by atoms with Gasteiger partial charge in [-0.2, -0.15) is 0 Å². The quantitative estimate of drug-likeness (QED) is 0.735. The third-order valence-electron chi connectivity index (χ3n) is 3.51. The first-order chi connectivity index (χ1) is 9.63. The number of rotatable bonds is 2. The van der Waals surface area contributed by atoms with Gasteiger partial charge in [-0.3, -0.25) is 9.36 Å². The van der Waals surface area contributed by atoms with Crippen molar-refractivity contribution in [3.05, 3.63) is 51.7 Å². The maximum Gasteiger partial charge on any atom is 0.278 e. The number of H-pyrrole nitrogens is 1. The normalized spacial score (nSPS) is 11.1. The lowest BCUT2D eigenvalue weighted by atomic mass is 10.1. The van der Waals surface area contributed by atoms with Crippen LogP contribution in [0.5, 0.6) is 0 Å². The maximum absolute atomic E-state index is 12.5. The van der Waals surface area contributed by atoms with E-state index in [2.05, 4.69) is 4.98 Å². The Labute approximate surface area is 121 Å². The second-order valence-corrected chi connectivity index (χ2v) is 5.11. The Morgan fingerprint density at radius 1 is 1.25 bits per heavy atom. The molecule has 1 aromatic carbocycles. The molecule has 0 amide bonds. The van der Waals surface area contributed by atoms with Crippen LogP contribution in [0.2, 0.25) is 0 Å². The molecular formula is C15H15N3OS. The Morgan fingerprint density at radius 3 is 2.60 bits per heavy atom. The molecule has 102 valence electrons. The van der Waals surface area contributed by atoms with Gasteiger partial charge in [-0.05, 0) is 24.7 Å². The van der Waals surface area contributed by atoms with E-state index in [9.17, 15) is 4.79 Å². The smallest absolute Gasteiger partial charge is 0.278 e. The largest absolute Gasteiger partial charge is 0.344 e. The zero-order valence-corrected chi connectivity index (χ0v) is 12.2. The molecule has 5 heteroatoms. The molecule has 1 N–H and O–H groups in total. The van der Waals surface area contributed by atoms with Crippen molar-refractivity contribution < 1.29 is 0 Å². The summed E-state index contributed by atoms with van der Waals surface area (Å²) in [7, 11) is 1.88. The van der Waals surface area contributed by atoms with E-state index >= 15 is 0 Å². The SMILES string of the molecule is CCn1c(=S)[nH]c2c(-c3ccccc3)cn(C)c2c1=O. The van der Waals surface area contributed by atoms with Crippen LogP contribution in [-0.4, -0.2) is 14.1 Å². The molecule has 20 heavy (non-hydrogen) atoms. The zero-order valence-electron chi connectivity index (χ0n) is 11.4. The highest BCUT2D eigenvalue weighted by Gasteiger charge is 2.14. The molecule has 2 aromatic heterocycles. The van der Waals surface area contributed by atoms with Gasteiger partial charge >= 0.3 is 0 Å². The average molecular weight is 285 g/mol. The minimum atomic E-state index is -0.0454. The molecule has 2 heterocycles. The van der Waals surface area contributed by atoms with Gasteiger partial charge in [0.25, 0.3) is 5.56 Å². The summed E-state index contributed by atoms with van der Waals surface area (Å²) in [6, 6.07) is 9.99. The molecule has 0 unspecified atom stereocenters. The second kappa shape index (κ2) is 4.76. The molecule has 0 radical (unpaired) electrons. The maximum atomic E-state index is 12.5. The average Bonchev–Trinajstić information content (AvgIpc) is 2.77. The Bertz CT molecular complexity index is 887. The number of benzene rings is 1. The van der Waals surface area contributed by atoms with Crippen molar-refractivity contribution in [1.82, 2.24) is 14.1 Å². The Hall–Kier alpha value is -2.14. The number of aromatic amines is 1. The van der Waals surface area contributed by atoms with E-state index in [1.165, 1.54) is 0 Å². The highest BCUT2D eigenvalue weighted by atomic mass is 32.1. The van der Waals surface area contributed by atoms with E-state index < -0.39 is 0 Å². The molecule has 3 rings (SSSR count). The van der Waals surface area contributed by atoms with E-state index in [4.69, 9.17) is 12.2 Å². The van der Waals surface area contributed by atoms with Crippen molar-refractivity contribution >= 4 is 23.3 Å². The highest BCUT2D eigenvalue weighted by molar-refractivity contribution is 7.71. The number of aromatic nitrogens is 3. The van der Waals surface area contributed by atoms with Gasteiger partial charge in [-0.1, -0.05) is 30.3 Å². The first-order valence-corrected chi connectivity index (χ1v) is 6.92. The first kappa shape index (κ1) is 12.9. The number of nitrogens with zero attached hydrogens (tertiary/aromatic N) is 2. The number of aryl methyl sites for hydroxylation is 1. The van der Waals surface area contributed by atoms with Crippen LogP contribution in [0, 0.1) is 4.77 Å². The fourth-order valence-corrected chi connectivity index (χ4v) is 2.84. The molecule has 4 nitrogen and oxygen atoms in total. The van der Waals surface area contributed by atoms with Crippen LogP contribution in [0.15, 0.2) is 41.3 Å². The molecule has 0 aliphatic rings. The van der Waals surface area contributed by atoms with E-state index in [1.54, 1.807) is 4.57 Å². The third-order valence-corrected chi connectivity index (χ3v) is 3.83. The zero-order chi connectivity index (χ0) is 14.3. The molecule has 0 bridgehead atoms. The van der Waals surface area contributed by atoms with Crippen LogP contribution in [-0.2, 0) is 13.6 Å². The summed E-state index contributed by atoms with van der Waals surface area (Å²) < 4.78 is 3.90. The van der Waals surface area contributed by atoms with Crippen LogP contribution in [0.3, 0.4) is 0 Å². The van der Waals surface area contributed by atoms with Crippen molar-refractivity contribution in [3.8, 4) is 11.1 Å². The van der Waals surface area contributed by atoms with E-state index in [1.807, 2.05) is 55.1 Å². The van der Waals surface area contributed by atoms with Crippen LogP contribution in [0.25, 0.3) is 22.2 Å². The van der Waals surface area contributed by atoms with E-state index in [0.717, 1.165) is 16.6 Å². The van der Waals surface area contributed by atoms with Crippen LogP contribution in [0.4, 0.5) is 0 Å². The fourth-order valence-electron chi connectivity index (χ4n) is 2.53. The Kier molecular flexibility index (Phi) is 3.06. The summed E-state index contributed by atoms with van der Waals surface area (Å²) in [5, 5.41) is 0. The summed E-state index contributed by atoms with van der Waals surface area (Å²) in [6.45, 7) is 2.48. The molecule has 3 aromatic rings. The van der Waals surface area contributed by atoms with E-state index in [0.29, 0.717) is 16.8 Å². The third kappa shape index (κ3) is 1.82. The van der Waals surface area contributed by atoms with Crippen LogP contribution < -0.4 is 5.56 Å². The van der Waals surface area contributed by atoms with Gasteiger partial charge < -0.3 is 9.55 Å². The number of hydrogen-bond acceptors (Lipinski definition) is 2. The Morgan fingerprint density at radius 2 is 1.95 bits per heavy atom. The van der Waals surface area contributed by atoms with Gasteiger partial charge in [0, 0.05) is 25.4 Å². The standard InChI is InChI=1S/C15H15N3OS/c1-3-18-14(19)13-12(16-15(18)20)11(9-17(13)2)10-7-5-4-6-8-10/h4-9H,3H2,1-2H3,(H,16,20). The minimum absolute atomic E-state index is 0.0454. The molecule has 0 spiro atoms. The van der Waals surface area contributed by atoms with Crippen LogP contribution >= 0.6 is 12.2 Å². The summed E-state index contributed by atoms with van der Waals surface area (Å²) in [6.07, 6.45) is 1.96. The van der Waals surface area contributed by atoms with Crippen molar-refractivity contribution in [2.45, 2.75) is 13.5 Å². The topological polar surface area (TPSA) is 42.7 Å². The number of nitrogens with one attached hydrogen (secondary N) is 1. The van der Waals surface area contributed by atoms with Crippen molar-refractivity contribution in [3.63, 3.8) is 0 Å². The van der Waals surface area contributed by atoms with E-state index in [-0.39, 0.29) is 5.56 Å². The molecule has 0 fully saturated rings. The highest BCUT2D eigenvalue weighted by Crippen LogP contribution is 2.26.